The van der Waals surface area contributed by atoms with Crippen molar-refractivity contribution in [3.05, 3.63) is 56.6 Å². The number of hydrogen-bond acceptors (Lipinski definition) is 6. The van der Waals surface area contributed by atoms with Gasteiger partial charge in [0.2, 0.25) is 12.2 Å². The molecule has 0 radical (unpaired) electrons. The Balaban J connectivity index is 0.000000240. The van der Waals surface area contributed by atoms with Crippen molar-refractivity contribution in [3.63, 3.8) is 0 Å². The molecule has 2 aliphatic heterocycles. The molecule has 0 spiro atoms. The van der Waals surface area contributed by atoms with E-state index < -0.39 is 47.6 Å². The van der Waals surface area contributed by atoms with E-state index in [4.69, 9.17) is 42.9 Å². The number of hydrogen-bond donors (Lipinski definition) is 2. The summed E-state index contributed by atoms with van der Waals surface area (Å²) >= 11 is 12.2. The Labute approximate surface area is 257 Å². The summed E-state index contributed by atoms with van der Waals surface area (Å²) in [6.45, 7) is 4.91. The molecule has 0 fully saturated rings. The molecule has 8 nitrogen and oxygen atoms in total. The molecule has 2 N–H and O–H groups in total. The van der Waals surface area contributed by atoms with Gasteiger partial charge >= 0.3 is 24.3 Å². The third kappa shape index (κ3) is 7.46. The lowest BCUT2D eigenvalue weighted by Gasteiger charge is -2.28. The Bertz CT molecular complexity index is 1400. The van der Waals surface area contributed by atoms with E-state index in [9.17, 15) is 35.9 Å². The molecule has 0 aliphatic carbocycles. The van der Waals surface area contributed by atoms with Gasteiger partial charge in [0.1, 0.15) is 11.5 Å². The van der Waals surface area contributed by atoms with E-state index in [0.717, 1.165) is 12.2 Å². The lowest BCUT2D eigenvalue weighted by Crippen LogP contribution is -2.40. The summed E-state index contributed by atoms with van der Waals surface area (Å²) in [6.07, 6.45) is -12.8. The van der Waals surface area contributed by atoms with Crippen molar-refractivity contribution in [3.8, 4) is 11.5 Å². The van der Waals surface area contributed by atoms with Gasteiger partial charge in [0, 0.05) is 50.4 Å². The first-order valence-corrected chi connectivity index (χ1v) is 13.5. The molecule has 240 valence electrons. The maximum atomic E-state index is 13.0. The maximum absolute atomic E-state index is 13.0. The number of halogens is 8. The molecule has 0 saturated carbocycles. The number of fused-ring (bicyclic) bond motifs is 2. The van der Waals surface area contributed by atoms with Crippen molar-refractivity contribution in [2.45, 2.75) is 38.4 Å². The van der Waals surface area contributed by atoms with E-state index in [2.05, 4.69) is 0 Å². The number of carboxylic acids is 2. The fourth-order valence-corrected chi connectivity index (χ4v) is 4.81. The van der Waals surface area contributed by atoms with Gasteiger partial charge in [-0.1, -0.05) is 23.2 Å². The van der Waals surface area contributed by atoms with Gasteiger partial charge in [-0.3, -0.25) is 0 Å². The SMILES string of the molecule is CCN(C)c1cc2c(cc1Cl)C=C(C(=O)O)C(C(F)(F)F)O2.CCN(C)c1cc2c(cc1Cl)C=C(C(=O)O)C(C(F)(F)F)O2. The van der Waals surface area contributed by atoms with Crippen LogP contribution in [0.2, 0.25) is 10.0 Å². The average molecular weight is 671 g/mol. The summed E-state index contributed by atoms with van der Waals surface area (Å²) in [5.74, 6) is -3.46. The van der Waals surface area contributed by atoms with Crippen molar-refractivity contribution in [2.75, 3.05) is 37.0 Å². The Morgan fingerprint density at radius 1 is 0.727 bits per heavy atom. The second kappa shape index (κ2) is 13.1. The van der Waals surface area contributed by atoms with Crippen LogP contribution >= 0.6 is 23.2 Å². The van der Waals surface area contributed by atoms with Crippen molar-refractivity contribution in [1.29, 1.82) is 0 Å². The molecule has 0 bridgehead atoms. The minimum atomic E-state index is -4.82. The minimum absolute atomic E-state index is 0.0491. The smallest absolute Gasteiger partial charge is 0.430 e. The lowest BCUT2D eigenvalue weighted by molar-refractivity contribution is -0.187. The quantitative estimate of drug-likeness (QED) is 0.312. The summed E-state index contributed by atoms with van der Waals surface area (Å²) < 4.78 is 87.7. The van der Waals surface area contributed by atoms with Crippen molar-refractivity contribution < 1.29 is 55.6 Å². The highest BCUT2D eigenvalue weighted by molar-refractivity contribution is 6.34. The van der Waals surface area contributed by atoms with Crippen LogP contribution in [-0.2, 0) is 9.59 Å². The second-order valence-corrected chi connectivity index (χ2v) is 10.4. The third-order valence-electron chi connectivity index (χ3n) is 6.69. The van der Waals surface area contributed by atoms with Crippen LogP contribution in [0.4, 0.5) is 37.7 Å². The van der Waals surface area contributed by atoms with Crippen molar-refractivity contribution >= 4 is 58.7 Å². The molecule has 2 aromatic rings. The summed E-state index contributed by atoms with van der Waals surface area (Å²) in [5.41, 5.74) is -0.306. The van der Waals surface area contributed by atoms with Gasteiger partial charge in [-0.2, -0.15) is 26.3 Å². The van der Waals surface area contributed by atoms with E-state index in [1.54, 1.807) is 23.9 Å². The zero-order chi connectivity index (χ0) is 33.3. The van der Waals surface area contributed by atoms with Gasteiger partial charge in [-0.25, -0.2) is 9.59 Å². The lowest BCUT2D eigenvalue weighted by atomic mass is 10.0. The number of anilines is 2. The van der Waals surface area contributed by atoms with Crippen LogP contribution in [-0.4, -0.2) is 73.9 Å². The highest BCUT2D eigenvalue weighted by Gasteiger charge is 2.49. The first-order chi connectivity index (χ1) is 20.3. The van der Waals surface area contributed by atoms with E-state index in [1.807, 2.05) is 13.8 Å². The summed E-state index contributed by atoms with van der Waals surface area (Å²) in [7, 11) is 3.46. The maximum Gasteiger partial charge on any atom is 0.430 e. The summed E-state index contributed by atoms with van der Waals surface area (Å²) in [6, 6.07) is 5.56. The molecule has 0 saturated heterocycles. The average Bonchev–Trinajstić information content (AvgIpc) is 2.93. The fraction of sp³-hybridized carbons (Fsp3) is 0.357. The number of benzene rings is 2. The largest absolute Gasteiger partial charge is 0.478 e. The number of aliphatic carboxylic acids is 2. The van der Waals surface area contributed by atoms with Gasteiger partial charge in [0.25, 0.3) is 0 Å². The first kappa shape index (κ1) is 34.7. The molecular formula is C28H26Cl2F6N2O6. The van der Waals surface area contributed by atoms with E-state index in [1.165, 1.54) is 24.3 Å². The predicted molar refractivity (Wildman–Crippen MR) is 153 cm³/mol. The molecule has 4 rings (SSSR count). The van der Waals surface area contributed by atoms with Crippen molar-refractivity contribution in [1.82, 2.24) is 0 Å². The van der Waals surface area contributed by atoms with E-state index in [0.29, 0.717) is 34.5 Å². The Morgan fingerprint density at radius 3 is 1.30 bits per heavy atom. The van der Waals surface area contributed by atoms with Gasteiger partial charge < -0.3 is 29.5 Å². The van der Waals surface area contributed by atoms with E-state index >= 15 is 0 Å². The Morgan fingerprint density at radius 2 is 1.05 bits per heavy atom. The zero-order valence-electron chi connectivity index (χ0n) is 23.5. The molecule has 0 aromatic heterocycles. The number of ether oxygens (including phenoxy) is 2. The predicted octanol–water partition coefficient (Wildman–Crippen LogP) is 7.17. The molecule has 2 atom stereocenters. The normalized spacial score (nSPS) is 17.4. The molecule has 2 unspecified atom stereocenters. The monoisotopic (exact) mass is 670 g/mol. The first-order valence-electron chi connectivity index (χ1n) is 12.8. The van der Waals surface area contributed by atoms with Crippen LogP contribution in [0.15, 0.2) is 35.4 Å². The molecule has 16 heteroatoms. The van der Waals surface area contributed by atoms with Crippen LogP contribution in [0, 0.1) is 0 Å². The Kier molecular flexibility index (Phi) is 10.3. The molecule has 2 aliphatic rings. The third-order valence-corrected chi connectivity index (χ3v) is 7.30. The van der Waals surface area contributed by atoms with Gasteiger partial charge in [0.15, 0.2) is 0 Å². The van der Waals surface area contributed by atoms with Crippen LogP contribution in [0.3, 0.4) is 0 Å². The summed E-state index contributed by atoms with van der Waals surface area (Å²) in [4.78, 5) is 25.6. The highest BCUT2D eigenvalue weighted by Crippen LogP contribution is 2.43. The van der Waals surface area contributed by atoms with Gasteiger partial charge in [0.05, 0.1) is 32.6 Å². The minimum Gasteiger partial charge on any atom is -0.478 e. The van der Waals surface area contributed by atoms with E-state index in [-0.39, 0.29) is 22.6 Å². The molecule has 0 amide bonds. The standard InChI is InChI=1S/2C14H13ClF3NO3/c2*1-3-19(2)10-6-11-7(5-9(10)15)4-8(13(20)21)12(22-11)14(16,17)18/h2*4-6,12H,3H2,1-2H3,(H,20,21). The van der Waals surface area contributed by atoms with Gasteiger partial charge in [-0.05, 0) is 38.1 Å². The Hall–Kier alpha value is -3.78. The van der Waals surface area contributed by atoms with Crippen LogP contribution < -0.4 is 19.3 Å². The number of carbonyl (C=O) groups is 2. The molecule has 2 aromatic carbocycles. The van der Waals surface area contributed by atoms with Gasteiger partial charge in [-0.15, -0.1) is 0 Å². The number of rotatable bonds is 6. The number of alkyl halides is 6. The van der Waals surface area contributed by atoms with Crippen LogP contribution in [0.25, 0.3) is 12.2 Å². The molecular weight excluding hydrogens is 645 g/mol. The zero-order valence-corrected chi connectivity index (χ0v) is 25.0. The topological polar surface area (TPSA) is 99.5 Å². The van der Waals surface area contributed by atoms with Crippen molar-refractivity contribution in [2.24, 2.45) is 0 Å². The fourth-order valence-electron chi connectivity index (χ4n) is 4.17. The van der Waals surface area contributed by atoms with Crippen LogP contribution in [0.5, 0.6) is 11.5 Å². The summed E-state index contributed by atoms with van der Waals surface area (Å²) in [5, 5.41) is 18.5. The highest BCUT2D eigenvalue weighted by atomic mass is 35.5. The number of carboxylic acid groups (broad SMARTS) is 2. The molecule has 2 heterocycles. The number of nitrogens with zero attached hydrogens (tertiary/aromatic N) is 2. The van der Waals surface area contributed by atoms with Crippen LogP contribution in [0.1, 0.15) is 25.0 Å². The second-order valence-electron chi connectivity index (χ2n) is 9.60. The molecule has 44 heavy (non-hydrogen) atoms.